The standard InChI is InChI=1S/C13H10ClNO2/c14-10-6-7-12(16)11(8-10)13(15-17)9-4-2-1-3-5-9/h1-8,16-17H/b15-13-. The molecular weight excluding hydrogens is 238 g/mol. The first-order chi connectivity index (χ1) is 8.22. The monoisotopic (exact) mass is 247 g/mol. The maximum absolute atomic E-state index is 9.75. The van der Waals surface area contributed by atoms with Gasteiger partial charge in [0, 0.05) is 16.1 Å². The highest BCUT2D eigenvalue weighted by Gasteiger charge is 2.12. The summed E-state index contributed by atoms with van der Waals surface area (Å²) >= 11 is 5.86. The van der Waals surface area contributed by atoms with Gasteiger partial charge in [0.2, 0.25) is 0 Å². The van der Waals surface area contributed by atoms with Gasteiger partial charge >= 0.3 is 0 Å². The maximum atomic E-state index is 9.75. The molecule has 0 aliphatic carbocycles. The first kappa shape index (κ1) is 11.5. The van der Waals surface area contributed by atoms with Crippen molar-refractivity contribution in [2.45, 2.75) is 0 Å². The van der Waals surface area contributed by atoms with Gasteiger partial charge in [-0.3, -0.25) is 0 Å². The van der Waals surface area contributed by atoms with Gasteiger partial charge in [0.25, 0.3) is 0 Å². The van der Waals surface area contributed by atoms with Crippen LogP contribution in [0.3, 0.4) is 0 Å². The highest BCUT2D eigenvalue weighted by Crippen LogP contribution is 2.24. The number of phenolic OH excluding ortho intramolecular Hbond substituents is 1. The molecule has 0 bridgehead atoms. The SMILES string of the molecule is O/N=C(/c1ccccc1)c1cc(Cl)ccc1O. The maximum Gasteiger partial charge on any atom is 0.125 e. The smallest absolute Gasteiger partial charge is 0.125 e. The average molecular weight is 248 g/mol. The fourth-order valence-corrected chi connectivity index (χ4v) is 1.73. The molecule has 0 heterocycles. The molecule has 0 radical (unpaired) electrons. The third-order valence-electron chi connectivity index (χ3n) is 2.36. The minimum absolute atomic E-state index is 0.0195. The van der Waals surface area contributed by atoms with E-state index in [1.54, 1.807) is 24.3 Å². The molecule has 0 saturated carbocycles. The Morgan fingerprint density at radius 1 is 1.06 bits per heavy atom. The molecule has 2 rings (SSSR count). The lowest BCUT2D eigenvalue weighted by Gasteiger charge is -2.07. The predicted octanol–water partition coefficient (Wildman–Crippen LogP) is 3.27. The van der Waals surface area contributed by atoms with Crippen molar-refractivity contribution >= 4 is 17.3 Å². The molecule has 17 heavy (non-hydrogen) atoms. The Balaban J connectivity index is 2.54. The van der Waals surface area contributed by atoms with Crippen molar-refractivity contribution < 1.29 is 10.3 Å². The van der Waals surface area contributed by atoms with E-state index in [4.69, 9.17) is 16.8 Å². The zero-order chi connectivity index (χ0) is 12.3. The van der Waals surface area contributed by atoms with Crippen LogP contribution in [0.2, 0.25) is 5.02 Å². The second kappa shape index (κ2) is 4.89. The number of rotatable bonds is 2. The highest BCUT2D eigenvalue weighted by molar-refractivity contribution is 6.31. The largest absolute Gasteiger partial charge is 0.507 e. The Morgan fingerprint density at radius 3 is 2.41 bits per heavy atom. The topological polar surface area (TPSA) is 52.8 Å². The molecule has 0 spiro atoms. The van der Waals surface area contributed by atoms with Crippen molar-refractivity contribution in [1.82, 2.24) is 0 Å². The average Bonchev–Trinajstić information content (AvgIpc) is 2.36. The summed E-state index contributed by atoms with van der Waals surface area (Å²) in [5, 5.41) is 22.5. The Morgan fingerprint density at radius 2 is 1.76 bits per heavy atom. The number of oxime groups is 1. The number of halogens is 1. The predicted molar refractivity (Wildman–Crippen MR) is 67.0 cm³/mol. The van der Waals surface area contributed by atoms with Crippen molar-refractivity contribution in [3.63, 3.8) is 0 Å². The lowest BCUT2D eigenvalue weighted by atomic mass is 10.0. The Bertz CT molecular complexity index is 553. The summed E-state index contributed by atoms with van der Waals surface area (Å²) in [4.78, 5) is 0. The Kier molecular flexibility index (Phi) is 3.30. The third-order valence-corrected chi connectivity index (χ3v) is 2.60. The van der Waals surface area contributed by atoms with Crippen LogP contribution in [0.1, 0.15) is 11.1 Å². The van der Waals surface area contributed by atoms with Crippen molar-refractivity contribution in [1.29, 1.82) is 0 Å². The van der Waals surface area contributed by atoms with Crippen LogP contribution < -0.4 is 0 Å². The summed E-state index contributed by atoms with van der Waals surface area (Å²) in [7, 11) is 0. The molecule has 0 aliphatic heterocycles. The van der Waals surface area contributed by atoms with Crippen molar-refractivity contribution in [2.24, 2.45) is 5.16 Å². The number of hydrogen-bond acceptors (Lipinski definition) is 3. The second-order valence-electron chi connectivity index (χ2n) is 3.48. The number of nitrogens with zero attached hydrogens (tertiary/aromatic N) is 1. The van der Waals surface area contributed by atoms with Crippen LogP contribution in [-0.4, -0.2) is 16.0 Å². The quantitative estimate of drug-likeness (QED) is 0.486. The van der Waals surface area contributed by atoms with Crippen LogP contribution in [-0.2, 0) is 0 Å². The van der Waals surface area contributed by atoms with Crippen molar-refractivity contribution in [2.75, 3.05) is 0 Å². The summed E-state index contributed by atoms with van der Waals surface area (Å²) in [6.07, 6.45) is 0. The van der Waals surface area contributed by atoms with Crippen molar-refractivity contribution in [3.8, 4) is 5.75 Å². The number of benzene rings is 2. The van der Waals surface area contributed by atoms with E-state index in [1.165, 1.54) is 6.07 Å². The molecule has 86 valence electrons. The van der Waals surface area contributed by atoms with E-state index < -0.39 is 0 Å². The molecule has 0 aromatic heterocycles. The minimum Gasteiger partial charge on any atom is -0.507 e. The van der Waals surface area contributed by atoms with Gasteiger partial charge in [-0.25, -0.2) is 0 Å². The zero-order valence-electron chi connectivity index (χ0n) is 8.84. The van der Waals surface area contributed by atoms with Gasteiger partial charge in [-0.1, -0.05) is 47.1 Å². The lowest BCUT2D eigenvalue weighted by molar-refractivity contribution is 0.319. The van der Waals surface area contributed by atoms with Gasteiger partial charge in [0.15, 0.2) is 0 Å². The van der Waals surface area contributed by atoms with Gasteiger partial charge in [0.1, 0.15) is 11.5 Å². The van der Waals surface area contributed by atoms with Crippen LogP contribution in [0.5, 0.6) is 5.75 Å². The molecule has 3 nitrogen and oxygen atoms in total. The normalized spacial score (nSPS) is 11.5. The van der Waals surface area contributed by atoms with E-state index in [9.17, 15) is 5.11 Å². The van der Waals surface area contributed by atoms with E-state index in [2.05, 4.69) is 5.16 Å². The van der Waals surface area contributed by atoms with Gasteiger partial charge < -0.3 is 10.3 Å². The molecule has 0 saturated heterocycles. The Labute approximate surface area is 104 Å². The lowest BCUT2D eigenvalue weighted by Crippen LogP contribution is -2.03. The molecule has 0 atom stereocenters. The van der Waals surface area contributed by atoms with Crippen LogP contribution in [0, 0.1) is 0 Å². The fourth-order valence-electron chi connectivity index (χ4n) is 1.56. The fraction of sp³-hybridized carbons (Fsp3) is 0. The molecular formula is C13H10ClNO2. The first-order valence-electron chi connectivity index (χ1n) is 4.98. The molecule has 0 amide bonds. The second-order valence-corrected chi connectivity index (χ2v) is 3.91. The Hall–Kier alpha value is -2.00. The van der Waals surface area contributed by atoms with E-state index in [1.807, 2.05) is 18.2 Å². The highest BCUT2D eigenvalue weighted by atomic mass is 35.5. The van der Waals surface area contributed by atoms with Gasteiger partial charge in [0.05, 0.1) is 0 Å². The molecule has 2 aromatic rings. The van der Waals surface area contributed by atoms with Crippen LogP contribution in [0.25, 0.3) is 0 Å². The minimum atomic E-state index is 0.0195. The van der Waals surface area contributed by atoms with E-state index in [0.717, 1.165) is 0 Å². The summed E-state index contributed by atoms with van der Waals surface area (Å²) in [6.45, 7) is 0. The van der Waals surface area contributed by atoms with Crippen molar-refractivity contribution in [3.05, 3.63) is 64.7 Å². The third kappa shape index (κ3) is 2.40. The number of hydrogen-bond donors (Lipinski definition) is 2. The van der Waals surface area contributed by atoms with Gasteiger partial charge in [-0.05, 0) is 18.2 Å². The summed E-state index contributed by atoms with van der Waals surface area (Å²) in [5.41, 5.74) is 1.38. The van der Waals surface area contributed by atoms with Crippen LogP contribution in [0.4, 0.5) is 0 Å². The first-order valence-corrected chi connectivity index (χ1v) is 5.36. The van der Waals surface area contributed by atoms with Gasteiger partial charge in [-0.15, -0.1) is 0 Å². The molecule has 4 heteroatoms. The van der Waals surface area contributed by atoms with E-state index >= 15 is 0 Å². The summed E-state index contributed by atoms with van der Waals surface area (Å²) in [5.74, 6) is 0.0195. The van der Waals surface area contributed by atoms with Crippen LogP contribution in [0.15, 0.2) is 53.7 Å². The number of phenols is 1. The summed E-state index contributed by atoms with van der Waals surface area (Å²) in [6, 6.07) is 13.7. The van der Waals surface area contributed by atoms with E-state index in [-0.39, 0.29) is 11.5 Å². The molecule has 0 unspecified atom stereocenters. The van der Waals surface area contributed by atoms with Gasteiger partial charge in [-0.2, -0.15) is 0 Å². The molecule has 2 aromatic carbocycles. The molecule has 2 N–H and O–H groups in total. The molecule has 0 aliphatic rings. The summed E-state index contributed by atoms with van der Waals surface area (Å²) < 4.78 is 0. The van der Waals surface area contributed by atoms with Crippen LogP contribution >= 0.6 is 11.6 Å². The molecule has 0 fully saturated rings. The number of aromatic hydroxyl groups is 1. The zero-order valence-corrected chi connectivity index (χ0v) is 9.59. The van der Waals surface area contributed by atoms with E-state index in [0.29, 0.717) is 16.1 Å².